The topological polar surface area (TPSA) is 54.9 Å². The monoisotopic (exact) mass is 232 g/mol. The number of hydrogen-bond donors (Lipinski definition) is 1. The Kier molecular flexibility index (Phi) is 4.46. The molecule has 1 heterocycles. The number of hydrogen-bond acceptors (Lipinski definition) is 2. The van der Waals surface area contributed by atoms with Crippen molar-refractivity contribution in [3.05, 3.63) is 58.1 Å². The molecule has 1 N–H and O–H groups in total. The molecule has 0 saturated carbocycles. The number of H-pyrrole nitrogens is 1. The van der Waals surface area contributed by atoms with E-state index >= 15 is 0 Å². The van der Waals surface area contributed by atoms with Crippen LogP contribution in [0.1, 0.15) is 23.0 Å². The summed E-state index contributed by atoms with van der Waals surface area (Å²) in [6.45, 7) is 7.62. The molecule has 4 nitrogen and oxygen atoms in total. The Bertz CT molecular complexity index is 530. The van der Waals surface area contributed by atoms with Gasteiger partial charge in [0.05, 0.1) is 6.54 Å². The van der Waals surface area contributed by atoms with Crippen molar-refractivity contribution in [1.82, 2.24) is 9.78 Å². The first-order chi connectivity index (χ1) is 8.13. The molecule has 0 atom stereocenters. The Labute approximate surface area is 99.9 Å². The van der Waals surface area contributed by atoms with Crippen molar-refractivity contribution in [3.8, 4) is 0 Å². The van der Waals surface area contributed by atoms with E-state index in [-0.39, 0.29) is 11.1 Å². The smallest absolute Gasteiger partial charge is 0.277 e. The summed E-state index contributed by atoms with van der Waals surface area (Å²) in [5.41, 5.74) is 1.41. The lowest BCUT2D eigenvalue weighted by Crippen LogP contribution is -2.19. The van der Waals surface area contributed by atoms with Crippen LogP contribution in [0, 0.1) is 6.92 Å². The van der Waals surface area contributed by atoms with Gasteiger partial charge in [0.15, 0.2) is 6.29 Å². The lowest BCUT2D eigenvalue weighted by molar-refractivity contribution is 0.112. The first-order valence-corrected chi connectivity index (χ1v) is 5.33. The van der Waals surface area contributed by atoms with Crippen molar-refractivity contribution in [3.63, 3.8) is 0 Å². The summed E-state index contributed by atoms with van der Waals surface area (Å²) >= 11 is 0. The van der Waals surface area contributed by atoms with E-state index in [1.54, 1.807) is 13.0 Å². The van der Waals surface area contributed by atoms with Gasteiger partial charge in [-0.2, -0.15) is 0 Å². The van der Waals surface area contributed by atoms with Crippen molar-refractivity contribution >= 4 is 6.29 Å². The number of aromatic amines is 1. The minimum absolute atomic E-state index is 0.184. The number of allylic oxidation sites excluding steroid dienone is 5. The number of nitrogens with one attached hydrogen (secondary N) is 1. The Morgan fingerprint density at radius 2 is 2.24 bits per heavy atom. The molecule has 0 aromatic carbocycles. The zero-order valence-corrected chi connectivity index (χ0v) is 10.1. The molecule has 0 fully saturated rings. The average molecular weight is 232 g/mol. The third-order valence-electron chi connectivity index (χ3n) is 2.35. The average Bonchev–Trinajstić information content (AvgIpc) is 2.54. The minimum Gasteiger partial charge on any atom is -0.299 e. The van der Waals surface area contributed by atoms with Crippen LogP contribution in [0.5, 0.6) is 0 Å². The maximum Gasteiger partial charge on any atom is 0.277 e. The number of carbonyl (C=O) groups is 1. The van der Waals surface area contributed by atoms with Crippen molar-refractivity contribution in [1.29, 1.82) is 0 Å². The zero-order valence-electron chi connectivity index (χ0n) is 10.1. The summed E-state index contributed by atoms with van der Waals surface area (Å²) < 4.78 is 1.41. The summed E-state index contributed by atoms with van der Waals surface area (Å²) in [4.78, 5) is 22.5. The molecule has 1 rings (SSSR count). The second kappa shape index (κ2) is 5.84. The van der Waals surface area contributed by atoms with Crippen LogP contribution >= 0.6 is 0 Å². The minimum atomic E-state index is -0.294. The van der Waals surface area contributed by atoms with E-state index < -0.39 is 0 Å². The van der Waals surface area contributed by atoms with Crippen LogP contribution in [-0.2, 0) is 6.54 Å². The van der Waals surface area contributed by atoms with Gasteiger partial charge in [-0.1, -0.05) is 30.9 Å². The van der Waals surface area contributed by atoms with Crippen LogP contribution in [0.15, 0.2) is 41.3 Å². The van der Waals surface area contributed by atoms with E-state index in [2.05, 4.69) is 11.7 Å². The molecule has 0 bridgehead atoms. The number of aromatic nitrogens is 2. The predicted octanol–water partition coefficient (Wildman–Crippen LogP) is 1.99. The molecule has 0 unspecified atom stereocenters. The fraction of sp³-hybridized carbons (Fsp3) is 0.231. The molecule has 0 aliphatic carbocycles. The summed E-state index contributed by atoms with van der Waals surface area (Å²) in [6.07, 6.45) is 7.85. The van der Waals surface area contributed by atoms with Gasteiger partial charge in [-0.05, 0) is 19.4 Å². The Morgan fingerprint density at radius 1 is 1.53 bits per heavy atom. The Morgan fingerprint density at radius 3 is 2.71 bits per heavy atom. The molecule has 0 aliphatic rings. The highest BCUT2D eigenvalue weighted by Gasteiger charge is 2.09. The Hall–Kier alpha value is -2.10. The van der Waals surface area contributed by atoms with Crippen LogP contribution in [0.25, 0.3) is 0 Å². The first-order valence-electron chi connectivity index (χ1n) is 5.33. The largest absolute Gasteiger partial charge is 0.299 e. The van der Waals surface area contributed by atoms with Crippen LogP contribution in [0.4, 0.5) is 0 Å². The highest BCUT2D eigenvalue weighted by Crippen LogP contribution is 2.03. The van der Waals surface area contributed by atoms with Crippen molar-refractivity contribution in [2.75, 3.05) is 0 Å². The van der Waals surface area contributed by atoms with E-state index in [1.807, 2.05) is 25.2 Å². The number of carbonyl (C=O) groups excluding carboxylic acids is 1. The normalized spacial score (nSPS) is 12.0. The summed E-state index contributed by atoms with van der Waals surface area (Å²) in [7, 11) is 0. The number of aldehydes is 1. The van der Waals surface area contributed by atoms with Crippen molar-refractivity contribution in [2.24, 2.45) is 0 Å². The molecule has 0 radical (unpaired) electrons. The molecule has 0 amide bonds. The zero-order chi connectivity index (χ0) is 12.8. The molecule has 1 aromatic rings. The highest BCUT2D eigenvalue weighted by atomic mass is 16.1. The first kappa shape index (κ1) is 13.0. The van der Waals surface area contributed by atoms with Gasteiger partial charge in [0.1, 0.15) is 5.56 Å². The third kappa shape index (κ3) is 2.93. The maximum absolute atomic E-state index is 11.8. The van der Waals surface area contributed by atoms with Crippen LogP contribution in [0.3, 0.4) is 0 Å². The second-order valence-electron chi connectivity index (χ2n) is 3.64. The van der Waals surface area contributed by atoms with Gasteiger partial charge >= 0.3 is 0 Å². The van der Waals surface area contributed by atoms with Gasteiger partial charge < -0.3 is 0 Å². The summed E-state index contributed by atoms with van der Waals surface area (Å²) in [5, 5.41) is 2.88. The van der Waals surface area contributed by atoms with Crippen molar-refractivity contribution < 1.29 is 4.79 Å². The summed E-state index contributed by atoms with van der Waals surface area (Å²) in [6, 6.07) is 0. The number of rotatable bonds is 5. The van der Waals surface area contributed by atoms with Crippen LogP contribution in [0.2, 0.25) is 0 Å². The molecular weight excluding hydrogens is 216 g/mol. The van der Waals surface area contributed by atoms with E-state index in [1.165, 1.54) is 4.68 Å². The Balaban J connectivity index is 3.10. The lowest BCUT2D eigenvalue weighted by atomic mass is 10.2. The second-order valence-corrected chi connectivity index (χ2v) is 3.64. The van der Waals surface area contributed by atoms with Crippen LogP contribution < -0.4 is 5.56 Å². The molecule has 4 heteroatoms. The van der Waals surface area contributed by atoms with E-state index in [9.17, 15) is 9.59 Å². The fourth-order valence-corrected chi connectivity index (χ4v) is 1.58. The van der Waals surface area contributed by atoms with Gasteiger partial charge in [-0.25, -0.2) is 4.68 Å². The van der Waals surface area contributed by atoms with Gasteiger partial charge in [0.25, 0.3) is 5.56 Å². The molecule has 17 heavy (non-hydrogen) atoms. The molecule has 0 aliphatic heterocycles. The standard InChI is InChI=1S/C13H16N2O2/c1-4-6-11(7-5-2)8-15-13(17)12(9-16)10(3)14-15/h4-7,9,14H,1,8H2,2-3H3/b7-5-,11-6+. The molecule has 1 aromatic heterocycles. The van der Waals surface area contributed by atoms with Gasteiger partial charge in [0, 0.05) is 5.69 Å². The van der Waals surface area contributed by atoms with Gasteiger partial charge in [0.2, 0.25) is 0 Å². The van der Waals surface area contributed by atoms with E-state index in [4.69, 9.17) is 0 Å². The molecule has 0 spiro atoms. The molecule has 0 saturated heterocycles. The predicted molar refractivity (Wildman–Crippen MR) is 68.3 cm³/mol. The number of aryl methyl sites for hydroxylation is 1. The SMILES string of the molecule is C=C/C=C(\C=C/C)Cn1[nH]c(C)c(C=O)c1=O. The highest BCUT2D eigenvalue weighted by molar-refractivity contribution is 5.75. The maximum atomic E-state index is 11.8. The quantitative estimate of drug-likeness (QED) is 0.623. The van der Waals surface area contributed by atoms with Gasteiger partial charge in [-0.15, -0.1) is 0 Å². The molecular formula is C13H16N2O2. The molecule has 90 valence electrons. The van der Waals surface area contributed by atoms with Crippen molar-refractivity contribution in [2.45, 2.75) is 20.4 Å². The summed E-state index contributed by atoms with van der Waals surface area (Å²) in [5.74, 6) is 0. The lowest BCUT2D eigenvalue weighted by Gasteiger charge is -2.02. The van der Waals surface area contributed by atoms with Crippen LogP contribution in [-0.4, -0.2) is 16.1 Å². The van der Waals surface area contributed by atoms with Gasteiger partial charge in [-0.3, -0.25) is 14.7 Å². The van der Waals surface area contributed by atoms with E-state index in [0.717, 1.165) is 5.57 Å². The third-order valence-corrected chi connectivity index (χ3v) is 2.35. The number of nitrogens with zero attached hydrogens (tertiary/aromatic N) is 1. The van der Waals surface area contributed by atoms with E-state index in [0.29, 0.717) is 18.5 Å². The fourth-order valence-electron chi connectivity index (χ4n) is 1.58.